The zero-order valence-electron chi connectivity index (χ0n) is 26.9. The minimum Gasteiger partial charge on any atom is -0.462 e. The van der Waals surface area contributed by atoms with Gasteiger partial charge in [-0.25, -0.2) is 9.59 Å². The van der Waals surface area contributed by atoms with Crippen molar-refractivity contribution in [2.75, 3.05) is 19.7 Å². The van der Waals surface area contributed by atoms with Crippen molar-refractivity contribution in [2.45, 2.75) is 64.8 Å². The third kappa shape index (κ3) is 8.73. The van der Waals surface area contributed by atoms with Crippen LogP contribution in [0.4, 0.5) is 4.79 Å². The van der Waals surface area contributed by atoms with E-state index in [1.165, 1.54) is 12.3 Å². The van der Waals surface area contributed by atoms with E-state index in [1.54, 1.807) is 29.2 Å². The number of hydrogen-bond donors (Lipinski definition) is 0. The molecule has 1 aliphatic rings. The smallest absolute Gasteiger partial charge is 0.410 e. The van der Waals surface area contributed by atoms with E-state index in [4.69, 9.17) is 18.9 Å². The number of rotatable bonds is 9. The maximum absolute atomic E-state index is 13.0. The standard InChI is InChI=1S/C38H41NO7/c1-26(40)45-34-12-8-7-11-33(34)36(41)43-22-20-27-13-17-30(18-14-27)32-19-21-39(37(42)46-38(2,3)4)24-35(32)44-25-28-15-16-29-9-5-6-10-31(29)23-28/h5-18,23,32,35H,19-22,24-25H2,1-4H3. The predicted molar refractivity (Wildman–Crippen MR) is 176 cm³/mol. The summed E-state index contributed by atoms with van der Waals surface area (Å²) in [5.74, 6) is -0.781. The van der Waals surface area contributed by atoms with Gasteiger partial charge in [-0.2, -0.15) is 0 Å². The summed E-state index contributed by atoms with van der Waals surface area (Å²) in [5, 5.41) is 2.34. The predicted octanol–water partition coefficient (Wildman–Crippen LogP) is 7.47. The first-order valence-electron chi connectivity index (χ1n) is 15.7. The van der Waals surface area contributed by atoms with Crippen molar-refractivity contribution in [1.82, 2.24) is 4.90 Å². The molecule has 2 unspecified atom stereocenters. The monoisotopic (exact) mass is 623 g/mol. The van der Waals surface area contributed by atoms with Crippen molar-refractivity contribution in [2.24, 2.45) is 0 Å². The number of ether oxygens (including phenoxy) is 4. The van der Waals surface area contributed by atoms with E-state index in [9.17, 15) is 14.4 Å². The lowest BCUT2D eigenvalue weighted by atomic mass is 9.86. The van der Waals surface area contributed by atoms with Crippen LogP contribution in [0.2, 0.25) is 0 Å². The molecule has 0 spiro atoms. The number of hydrogen-bond acceptors (Lipinski definition) is 7. The molecule has 1 fully saturated rings. The fraction of sp³-hybridized carbons (Fsp3) is 0.342. The summed E-state index contributed by atoms with van der Waals surface area (Å²) >= 11 is 0. The highest BCUT2D eigenvalue weighted by Gasteiger charge is 2.35. The van der Waals surface area contributed by atoms with Gasteiger partial charge in [-0.05, 0) is 72.9 Å². The number of para-hydroxylation sites is 1. The number of benzene rings is 4. The highest BCUT2D eigenvalue weighted by Crippen LogP contribution is 2.32. The van der Waals surface area contributed by atoms with E-state index >= 15 is 0 Å². The Morgan fingerprint density at radius 2 is 1.54 bits per heavy atom. The van der Waals surface area contributed by atoms with E-state index in [1.807, 2.05) is 45.0 Å². The van der Waals surface area contributed by atoms with Gasteiger partial charge in [-0.15, -0.1) is 0 Å². The van der Waals surface area contributed by atoms with Crippen molar-refractivity contribution < 1.29 is 33.3 Å². The second-order valence-corrected chi connectivity index (χ2v) is 12.6. The van der Waals surface area contributed by atoms with E-state index in [0.717, 1.165) is 28.5 Å². The lowest BCUT2D eigenvalue weighted by molar-refractivity contribution is -0.131. The van der Waals surface area contributed by atoms with Crippen LogP contribution in [0, 0.1) is 0 Å². The van der Waals surface area contributed by atoms with Gasteiger partial charge in [-0.3, -0.25) is 4.79 Å². The van der Waals surface area contributed by atoms with Gasteiger partial charge in [0.25, 0.3) is 0 Å². The molecule has 8 nitrogen and oxygen atoms in total. The maximum atomic E-state index is 13.0. The minimum atomic E-state index is -0.578. The fourth-order valence-electron chi connectivity index (χ4n) is 5.64. The third-order valence-electron chi connectivity index (χ3n) is 7.88. The van der Waals surface area contributed by atoms with E-state index in [-0.39, 0.29) is 36.0 Å². The molecule has 2 atom stereocenters. The van der Waals surface area contributed by atoms with Gasteiger partial charge in [-0.1, -0.05) is 72.8 Å². The summed E-state index contributed by atoms with van der Waals surface area (Å²) in [6, 6.07) is 29.4. The van der Waals surface area contributed by atoms with Gasteiger partial charge in [0, 0.05) is 25.8 Å². The number of carbonyl (C=O) groups excluding carboxylic acids is 3. The first-order chi connectivity index (χ1) is 22.1. The number of nitrogens with zero attached hydrogens (tertiary/aromatic N) is 1. The summed E-state index contributed by atoms with van der Waals surface area (Å²) in [6.45, 7) is 8.51. The topological polar surface area (TPSA) is 91.4 Å². The molecule has 1 amide bonds. The zero-order chi connectivity index (χ0) is 32.7. The molecule has 46 heavy (non-hydrogen) atoms. The largest absolute Gasteiger partial charge is 0.462 e. The Balaban J connectivity index is 1.24. The quantitative estimate of drug-likeness (QED) is 0.141. The van der Waals surface area contributed by atoms with E-state index in [0.29, 0.717) is 26.1 Å². The summed E-state index contributed by atoms with van der Waals surface area (Å²) < 4.78 is 22.8. The molecule has 1 aliphatic heterocycles. The van der Waals surface area contributed by atoms with Crippen LogP contribution in [0.25, 0.3) is 10.8 Å². The summed E-state index contributed by atoms with van der Waals surface area (Å²) in [4.78, 5) is 38.7. The Bertz CT molecular complexity index is 1670. The van der Waals surface area contributed by atoms with Crippen LogP contribution in [-0.2, 0) is 32.0 Å². The fourth-order valence-corrected chi connectivity index (χ4v) is 5.64. The highest BCUT2D eigenvalue weighted by molar-refractivity contribution is 5.93. The van der Waals surface area contributed by atoms with Crippen molar-refractivity contribution in [3.8, 4) is 5.75 Å². The number of amides is 1. The van der Waals surface area contributed by atoms with Gasteiger partial charge >= 0.3 is 18.0 Å². The summed E-state index contributed by atoms with van der Waals surface area (Å²) in [7, 11) is 0. The Hall–Kier alpha value is -4.69. The van der Waals surface area contributed by atoms with Gasteiger partial charge < -0.3 is 23.8 Å². The Morgan fingerprint density at radius 1 is 0.848 bits per heavy atom. The van der Waals surface area contributed by atoms with Crippen LogP contribution in [-0.4, -0.2) is 54.3 Å². The van der Waals surface area contributed by atoms with Crippen LogP contribution in [0.1, 0.15) is 67.1 Å². The van der Waals surface area contributed by atoms with Crippen molar-refractivity contribution >= 4 is 28.8 Å². The SMILES string of the molecule is CC(=O)Oc1ccccc1C(=O)OCCc1ccc(C2CCN(C(=O)OC(C)(C)C)CC2OCc2ccc3ccccc3c2)cc1. The second kappa shape index (κ2) is 14.6. The maximum Gasteiger partial charge on any atom is 0.410 e. The number of carbonyl (C=O) groups is 3. The van der Waals surface area contributed by atoms with Crippen LogP contribution in [0.5, 0.6) is 5.75 Å². The first-order valence-corrected chi connectivity index (χ1v) is 15.7. The van der Waals surface area contributed by atoms with Crippen molar-refractivity contribution in [3.63, 3.8) is 0 Å². The summed E-state index contributed by atoms with van der Waals surface area (Å²) in [6.07, 6.45) is 0.712. The average Bonchev–Trinajstić information content (AvgIpc) is 3.03. The zero-order valence-corrected chi connectivity index (χ0v) is 26.9. The van der Waals surface area contributed by atoms with Crippen LogP contribution >= 0.6 is 0 Å². The Labute approximate surface area is 270 Å². The highest BCUT2D eigenvalue weighted by atomic mass is 16.6. The van der Waals surface area contributed by atoms with Crippen LogP contribution in [0.15, 0.2) is 91.0 Å². The number of piperidine rings is 1. The van der Waals surface area contributed by atoms with Gasteiger partial charge in [0.15, 0.2) is 0 Å². The molecule has 8 heteroatoms. The lowest BCUT2D eigenvalue weighted by Gasteiger charge is -2.39. The molecule has 0 saturated carbocycles. The van der Waals surface area contributed by atoms with Crippen LogP contribution < -0.4 is 4.74 Å². The van der Waals surface area contributed by atoms with Gasteiger partial charge in [0.2, 0.25) is 0 Å². The van der Waals surface area contributed by atoms with Gasteiger partial charge in [0.1, 0.15) is 16.9 Å². The molecule has 0 aromatic heterocycles. The number of likely N-dealkylation sites (tertiary alicyclic amines) is 1. The normalized spacial score (nSPS) is 16.6. The molecule has 1 saturated heterocycles. The third-order valence-corrected chi connectivity index (χ3v) is 7.88. The summed E-state index contributed by atoms with van der Waals surface area (Å²) in [5.41, 5.74) is 2.85. The van der Waals surface area contributed by atoms with E-state index in [2.05, 4.69) is 42.5 Å². The molecule has 4 aromatic carbocycles. The average molecular weight is 624 g/mol. The second-order valence-electron chi connectivity index (χ2n) is 12.6. The van der Waals surface area contributed by atoms with Crippen molar-refractivity contribution in [1.29, 1.82) is 0 Å². The molecule has 4 aromatic rings. The van der Waals surface area contributed by atoms with Crippen LogP contribution in [0.3, 0.4) is 0 Å². The number of fused-ring (bicyclic) bond motifs is 1. The van der Waals surface area contributed by atoms with Gasteiger partial charge in [0.05, 0.1) is 25.9 Å². The number of esters is 2. The van der Waals surface area contributed by atoms with E-state index < -0.39 is 17.5 Å². The Kier molecular flexibility index (Phi) is 10.4. The lowest BCUT2D eigenvalue weighted by Crippen LogP contribution is -2.48. The molecule has 240 valence electrons. The molecule has 5 rings (SSSR count). The molecule has 1 heterocycles. The molecule has 0 N–H and O–H groups in total. The molecular formula is C38H41NO7. The first kappa shape index (κ1) is 32.7. The minimum absolute atomic E-state index is 0.0869. The molecule has 0 aliphatic carbocycles. The van der Waals surface area contributed by atoms with Crippen molar-refractivity contribution in [3.05, 3.63) is 113 Å². The Morgan fingerprint density at radius 3 is 2.28 bits per heavy atom. The molecule has 0 radical (unpaired) electrons. The molecule has 0 bridgehead atoms. The molecular weight excluding hydrogens is 582 g/mol.